The molecule has 4 heteroatoms. The summed E-state index contributed by atoms with van der Waals surface area (Å²) in [5, 5.41) is -0.270. The van der Waals surface area contributed by atoms with Crippen LogP contribution in [0, 0.1) is 0 Å². The molecule has 0 amide bonds. The van der Waals surface area contributed by atoms with Crippen LogP contribution in [0.1, 0.15) is 18.4 Å². The van der Waals surface area contributed by atoms with Gasteiger partial charge in [0, 0.05) is 12.4 Å². The lowest BCUT2D eigenvalue weighted by Crippen LogP contribution is -2.25. The summed E-state index contributed by atoms with van der Waals surface area (Å²) in [6, 6.07) is 3.77. The zero-order chi connectivity index (χ0) is 10.0. The Kier molecular flexibility index (Phi) is 2.79. The third kappa shape index (κ3) is 1.55. The maximum atomic E-state index is 11.5. The zero-order valence-corrected chi connectivity index (χ0v) is 9.14. The first-order chi connectivity index (χ1) is 6.76. The van der Waals surface area contributed by atoms with Crippen LogP contribution in [-0.4, -0.2) is 16.0 Å². The number of rotatable bonds is 2. The Morgan fingerprint density at radius 2 is 2.50 bits per heavy atom. The van der Waals surface area contributed by atoms with E-state index in [1.807, 2.05) is 12.1 Å². The van der Waals surface area contributed by atoms with Crippen LogP contribution in [0.4, 0.5) is 0 Å². The van der Waals surface area contributed by atoms with E-state index in [1.54, 1.807) is 24.2 Å². The summed E-state index contributed by atoms with van der Waals surface area (Å²) in [7, 11) is 0. The van der Waals surface area contributed by atoms with Crippen LogP contribution in [0.2, 0.25) is 0 Å². The van der Waals surface area contributed by atoms with E-state index in [-0.39, 0.29) is 5.24 Å². The van der Waals surface area contributed by atoms with Gasteiger partial charge in [0.1, 0.15) is 4.75 Å². The second-order valence-corrected chi connectivity index (χ2v) is 5.03. The molecule has 1 atom stereocenters. The number of thioether (sulfide) groups is 1. The Bertz CT molecular complexity index is 335. The van der Waals surface area contributed by atoms with Gasteiger partial charge in [0.25, 0.3) is 0 Å². The van der Waals surface area contributed by atoms with Gasteiger partial charge in [-0.15, -0.1) is 11.8 Å². The summed E-state index contributed by atoms with van der Waals surface area (Å²) >= 11 is 7.32. The summed E-state index contributed by atoms with van der Waals surface area (Å²) < 4.78 is -0.532. The molecule has 0 spiro atoms. The first-order valence-electron chi connectivity index (χ1n) is 4.50. The van der Waals surface area contributed by atoms with E-state index in [0.29, 0.717) is 0 Å². The molecule has 2 rings (SSSR count). The fraction of sp³-hybridized carbons (Fsp3) is 0.400. The third-order valence-corrected chi connectivity index (χ3v) is 4.51. The van der Waals surface area contributed by atoms with E-state index in [1.165, 1.54) is 0 Å². The Hall–Kier alpha value is -0.540. The highest BCUT2D eigenvalue weighted by atomic mass is 35.5. The number of hydrogen-bond donors (Lipinski definition) is 0. The van der Waals surface area contributed by atoms with E-state index in [4.69, 9.17) is 11.6 Å². The van der Waals surface area contributed by atoms with Gasteiger partial charge in [0.15, 0.2) is 0 Å². The Morgan fingerprint density at radius 3 is 3.00 bits per heavy atom. The smallest absolute Gasteiger partial charge is 0.242 e. The summed E-state index contributed by atoms with van der Waals surface area (Å²) in [5.41, 5.74) is 0.933. The van der Waals surface area contributed by atoms with Gasteiger partial charge in [-0.2, -0.15) is 0 Å². The number of carbonyl (C=O) groups excluding carboxylic acids is 1. The summed E-state index contributed by atoms with van der Waals surface area (Å²) in [5.74, 6) is 0.993. The highest BCUT2D eigenvalue weighted by Gasteiger charge is 2.42. The predicted molar refractivity (Wildman–Crippen MR) is 58.5 cm³/mol. The number of halogens is 1. The van der Waals surface area contributed by atoms with E-state index in [2.05, 4.69) is 4.98 Å². The second-order valence-electron chi connectivity index (χ2n) is 3.29. The predicted octanol–water partition coefficient (Wildman–Crippen LogP) is 2.57. The van der Waals surface area contributed by atoms with Gasteiger partial charge in [-0.3, -0.25) is 9.78 Å². The standard InChI is InChI=1S/C10H10ClNOS/c11-9(13)10(4-2-6-14-10)8-3-1-5-12-7-8/h1,3,5,7H,2,4,6H2. The lowest BCUT2D eigenvalue weighted by Gasteiger charge is -2.23. The van der Waals surface area contributed by atoms with Gasteiger partial charge in [0.05, 0.1) is 0 Å². The highest BCUT2D eigenvalue weighted by molar-refractivity contribution is 8.01. The monoisotopic (exact) mass is 227 g/mol. The van der Waals surface area contributed by atoms with Crippen molar-refractivity contribution in [2.24, 2.45) is 0 Å². The highest BCUT2D eigenvalue weighted by Crippen LogP contribution is 2.47. The van der Waals surface area contributed by atoms with Crippen molar-refractivity contribution in [1.82, 2.24) is 4.98 Å². The minimum absolute atomic E-state index is 0.270. The number of aromatic nitrogens is 1. The van der Waals surface area contributed by atoms with Crippen LogP contribution >= 0.6 is 23.4 Å². The number of nitrogens with zero attached hydrogens (tertiary/aromatic N) is 1. The molecule has 1 unspecified atom stereocenters. The second kappa shape index (κ2) is 3.91. The van der Waals surface area contributed by atoms with Crippen molar-refractivity contribution < 1.29 is 4.79 Å². The average molecular weight is 228 g/mol. The Balaban J connectivity index is 2.42. The maximum Gasteiger partial charge on any atom is 0.242 e. The van der Waals surface area contributed by atoms with Crippen LogP contribution in [0.15, 0.2) is 24.5 Å². The van der Waals surface area contributed by atoms with Crippen LogP contribution in [0.5, 0.6) is 0 Å². The Labute approximate surface area is 92.1 Å². The topological polar surface area (TPSA) is 30.0 Å². The first kappa shape index (κ1) is 9.99. The quantitative estimate of drug-likeness (QED) is 0.728. The van der Waals surface area contributed by atoms with Crippen LogP contribution in [-0.2, 0) is 9.54 Å². The first-order valence-corrected chi connectivity index (χ1v) is 5.86. The zero-order valence-electron chi connectivity index (χ0n) is 7.57. The lowest BCUT2D eigenvalue weighted by atomic mass is 9.97. The van der Waals surface area contributed by atoms with Crippen LogP contribution in [0.25, 0.3) is 0 Å². The molecule has 1 aliphatic heterocycles. The molecule has 1 saturated heterocycles. The van der Waals surface area contributed by atoms with Crippen molar-refractivity contribution in [3.05, 3.63) is 30.1 Å². The van der Waals surface area contributed by atoms with Gasteiger partial charge >= 0.3 is 0 Å². The largest absolute Gasteiger partial charge is 0.279 e. The molecule has 1 aromatic rings. The van der Waals surface area contributed by atoms with E-state index >= 15 is 0 Å². The number of hydrogen-bond acceptors (Lipinski definition) is 3. The van der Waals surface area contributed by atoms with Gasteiger partial charge in [-0.05, 0) is 41.8 Å². The van der Waals surface area contributed by atoms with E-state index in [9.17, 15) is 4.79 Å². The Morgan fingerprint density at radius 1 is 1.64 bits per heavy atom. The van der Waals surface area contributed by atoms with Crippen molar-refractivity contribution in [2.75, 3.05) is 5.75 Å². The average Bonchev–Trinajstić information content (AvgIpc) is 2.69. The van der Waals surface area contributed by atoms with Crippen LogP contribution in [0.3, 0.4) is 0 Å². The van der Waals surface area contributed by atoms with Gasteiger partial charge < -0.3 is 0 Å². The molecule has 14 heavy (non-hydrogen) atoms. The number of carbonyl (C=O) groups is 1. The van der Waals surface area contributed by atoms with Gasteiger partial charge in [-0.1, -0.05) is 6.07 Å². The summed E-state index contributed by atoms with van der Waals surface area (Å²) in [6.45, 7) is 0. The molecule has 0 bridgehead atoms. The van der Waals surface area contributed by atoms with Crippen molar-refractivity contribution in [3.63, 3.8) is 0 Å². The van der Waals surface area contributed by atoms with Gasteiger partial charge in [-0.25, -0.2) is 0 Å². The normalized spacial score (nSPS) is 26.4. The molecule has 2 nitrogen and oxygen atoms in total. The molecule has 74 valence electrons. The third-order valence-electron chi connectivity index (χ3n) is 2.47. The minimum atomic E-state index is -0.532. The SMILES string of the molecule is O=C(Cl)C1(c2cccnc2)CCCS1. The lowest BCUT2D eigenvalue weighted by molar-refractivity contribution is -0.114. The van der Waals surface area contributed by atoms with Crippen molar-refractivity contribution in [1.29, 1.82) is 0 Å². The molecule has 0 aliphatic carbocycles. The molecule has 0 N–H and O–H groups in total. The fourth-order valence-electron chi connectivity index (χ4n) is 1.74. The summed E-state index contributed by atoms with van der Waals surface area (Å²) in [6.07, 6.45) is 5.30. The van der Waals surface area contributed by atoms with Crippen molar-refractivity contribution in [3.8, 4) is 0 Å². The molecule has 1 aromatic heterocycles. The number of pyridine rings is 1. The van der Waals surface area contributed by atoms with E-state index in [0.717, 1.165) is 24.2 Å². The molecule has 1 aliphatic rings. The molecule has 0 aromatic carbocycles. The fourth-order valence-corrected chi connectivity index (χ4v) is 3.43. The molecule has 2 heterocycles. The van der Waals surface area contributed by atoms with E-state index < -0.39 is 4.75 Å². The minimum Gasteiger partial charge on any atom is -0.279 e. The van der Waals surface area contributed by atoms with Crippen molar-refractivity contribution >= 4 is 28.6 Å². The summed E-state index contributed by atoms with van der Waals surface area (Å²) in [4.78, 5) is 15.5. The van der Waals surface area contributed by atoms with Crippen LogP contribution < -0.4 is 0 Å². The molecule has 0 saturated carbocycles. The molecule has 1 fully saturated rings. The molecular formula is C10H10ClNOS. The van der Waals surface area contributed by atoms with Gasteiger partial charge in [0.2, 0.25) is 5.24 Å². The molecule has 0 radical (unpaired) electrons. The maximum absolute atomic E-state index is 11.5. The van der Waals surface area contributed by atoms with Crippen molar-refractivity contribution in [2.45, 2.75) is 17.6 Å². The molecular weight excluding hydrogens is 218 g/mol.